The van der Waals surface area contributed by atoms with Crippen molar-refractivity contribution in [3.05, 3.63) is 60.2 Å². The molecule has 2 amide bonds. The maximum absolute atomic E-state index is 12.6. The standard InChI is InChI=1S/C22H27N3O4S/c1-16(2)24(3)30(28,29)20-11-9-19(10-12-20)23-22(27)18-13-21(26)25(15-18)14-17-7-5-4-6-8-17/h4-12,16,18H,13-15H2,1-3H3,(H,23,27). The minimum absolute atomic E-state index is 0.0443. The quantitative estimate of drug-likeness (QED) is 0.733. The summed E-state index contributed by atoms with van der Waals surface area (Å²) >= 11 is 0. The zero-order valence-electron chi connectivity index (χ0n) is 17.4. The lowest BCUT2D eigenvalue weighted by molar-refractivity contribution is -0.128. The Labute approximate surface area is 177 Å². The van der Waals surface area contributed by atoms with Crippen LogP contribution in [-0.2, 0) is 26.2 Å². The van der Waals surface area contributed by atoms with E-state index >= 15 is 0 Å². The summed E-state index contributed by atoms with van der Waals surface area (Å²) in [5.74, 6) is -0.720. The molecule has 0 spiro atoms. The Bertz CT molecular complexity index is 1000. The highest BCUT2D eigenvalue weighted by Crippen LogP contribution is 2.23. The van der Waals surface area contributed by atoms with Gasteiger partial charge in [-0.05, 0) is 43.7 Å². The van der Waals surface area contributed by atoms with Gasteiger partial charge < -0.3 is 10.2 Å². The average molecular weight is 430 g/mol. The second-order valence-electron chi connectivity index (χ2n) is 7.79. The highest BCUT2D eigenvalue weighted by molar-refractivity contribution is 7.89. The molecule has 0 saturated carbocycles. The van der Waals surface area contributed by atoms with Crippen LogP contribution >= 0.6 is 0 Å². The number of hydrogen-bond donors (Lipinski definition) is 1. The van der Waals surface area contributed by atoms with Crippen molar-refractivity contribution in [2.45, 2.75) is 37.8 Å². The predicted octanol–water partition coefficient (Wildman–Crippen LogP) is 2.70. The van der Waals surface area contributed by atoms with Crippen LogP contribution in [0, 0.1) is 5.92 Å². The number of nitrogens with zero attached hydrogens (tertiary/aromatic N) is 2. The molecule has 7 nitrogen and oxygen atoms in total. The fourth-order valence-electron chi connectivity index (χ4n) is 3.30. The molecule has 1 saturated heterocycles. The number of carbonyl (C=O) groups excluding carboxylic acids is 2. The summed E-state index contributed by atoms with van der Waals surface area (Å²) < 4.78 is 26.4. The topological polar surface area (TPSA) is 86.8 Å². The summed E-state index contributed by atoms with van der Waals surface area (Å²) in [6.07, 6.45) is 0.171. The molecule has 8 heteroatoms. The third kappa shape index (κ3) is 4.88. The molecular weight excluding hydrogens is 402 g/mol. The molecule has 1 atom stereocenters. The van der Waals surface area contributed by atoms with Crippen LogP contribution in [0.15, 0.2) is 59.5 Å². The van der Waals surface area contributed by atoms with Gasteiger partial charge in [0.2, 0.25) is 21.8 Å². The van der Waals surface area contributed by atoms with Gasteiger partial charge in [-0.2, -0.15) is 4.31 Å². The molecular formula is C22H27N3O4S. The number of sulfonamides is 1. The van der Waals surface area contributed by atoms with Gasteiger partial charge in [-0.1, -0.05) is 30.3 Å². The minimum Gasteiger partial charge on any atom is -0.338 e. The number of anilines is 1. The third-order valence-corrected chi connectivity index (χ3v) is 7.38. The smallest absolute Gasteiger partial charge is 0.243 e. The lowest BCUT2D eigenvalue weighted by atomic mass is 10.1. The summed E-state index contributed by atoms with van der Waals surface area (Å²) in [6.45, 7) is 4.46. The number of hydrogen-bond acceptors (Lipinski definition) is 4. The summed E-state index contributed by atoms with van der Waals surface area (Å²) in [5, 5.41) is 2.79. The first-order chi connectivity index (χ1) is 14.2. The van der Waals surface area contributed by atoms with Crippen molar-refractivity contribution in [1.82, 2.24) is 9.21 Å². The molecule has 0 radical (unpaired) electrons. The van der Waals surface area contributed by atoms with E-state index in [4.69, 9.17) is 0 Å². The van der Waals surface area contributed by atoms with E-state index in [0.717, 1.165) is 5.56 Å². The SMILES string of the molecule is CC(C)N(C)S(=O)(=O)c1ccc(NC(=O)C2CC(=O)N(Cc3ccccc3)C2)cc1. The molecule has 1 heterocycles. The van der Waals surface area contributed by atoms with Crippen molar-refractivity contribution in [2.75, 3.05) is 18.9 Å². The number of nitrogens with one attached hydrogen (secondary N) is 1. The fraction of sp³-hybridized carbons (Fsp3) is 0.364. The van der Waals surface area contributed by atoms with Gasteiger partial charge >= 0.3 is 0 Å². The van der Waals surface area contributed by atoms with Gasteiger partial charge in [-0.15, -0.1) is 0 Å². The van der Waals surface area contributed by atoms with Crippen molar-refractivity contribution >= 4 is 27.5 Å². The van der Waals surface area contributed by atoms with E-state index in [-0.39, 0.29) is 29.2 Å². The van der Waals surface area contributed by atoms with Gasteiger partial charge in [0.1, 0.15) is 0 Å². The highest BCUT2D eigenvalue weighted by atomic mass is 32.2. The zero-order chi connectivity index (χ0) is 21.9. The van der Waals surface area contributed by atoms with Crippen molar-refractivity contribution in [3.8, 4) is 0 Å². The Kier molecular flexibility index (Phi) is 6.58. The van der Waals surface area contributed by atoms with Gasteiger partial charge in [0, 0.05) is 38.3 Å². The molecule has 160 valence electrons. The molecule has 1 N–H and O–H groups in total. The molecule has 0 aliphatic carbocycles. The molecule has 1 aliphatic heterocycles. The van der Waals surface area contributed by atoms with E-state index in [0.29, 0.717) is 18.8 Å². The normalized spacial score (nSPS) is 17.0. The Morgan fingerprint density at radius 2 is 1.77 bits per heavy atom. The molecule has 1 aliphatic rings. The van der Waals surface area contributed by atoms with Crippen LogP contribution in [0.3, 0.4) is 0 Å². The van der Waals surface area contributed by atoms with Crippen molar-refractivity contribution < 1.29 is 18.0 Å². The summed E-state index contributed by atoms with van der Waals surface area (Å²) in [5.41, 5.74) is 1.52. The molecule has 1 unspecified atom stereocenters. The Morgan fingerprint density at radius 1 is 1.13 bits per heavy atom. The Morgan fingerprint density at radius 3 is 2.37 bits per heavy atom. The Hall–Kier alpha value is -2.71. The predicted molar refractivity (Wildman–Crippen MR) is 115 cm³/mol. The second kappa shape index (κ2) is 8.97. The number of benzene rings is 2. The Balaban J connectivity index is 1.62. The van der Waals surface area contributed by atoms with Gasteiger partial charge in [0.15, 0.2) is 0 Å². The molecule has 0 bridgehead atoms. The van der Waals surface area contributed by atoms with E-state index in [1.165, 1.54) is 23.5 Å². The lowest BCUT2D eigenvalue weighted by Gasteiger charge is -2.21. The highest BCUT2D eigenvalue weighted by Gasteiger charge is 2.34. The average Bonchev–Trinajstić information content (AvgIpc) is 3.09. The van der Waals surface area contributed by atoms with Crippen molar-refractivity contribution in [3.63, 3.8) is 0 Å². The van der Waals surface area contributed by atoms with Crippen LogP contribution in [0.25, 0.3) is 0 Å². The first kappa shape index (κ1) is 22.0. The number of carbonyl (C=O) groups is 2. The number of amides is 2. The van der Waals surface area contributed by atoms with Gasteiger partial charge in [0.05, 0.1) is 10.8 Å². The van der Waals surface area contributed by atoms with E-state index in [9.17, 15) is 18.0 Å². The first-order valence-electron chi connectivity index (χ1n) is 9.89. The summed E-state index contributed by atoms with van der Waals surface area (Å²) in [4.78, 5) is 26.8. The van der Waals surface area contributed by atoms with Gasteiger partial charge in [0.25, 0.3) is 0 Å². The first-order valence-corrected chi connectivity index (χ1v) is 11.3. The second-order valence-corrected chi connectivity index (χ2v) is 9.79. The minimum atomic E-state index is -3.57. The van der Waals surface area contributed by atoms with Crippen LogP contribution in [0.2, 0.25) is 0 Å². The monoisotopic (exact) mass is 429 g/mol. The van der Waals surface area contributed by atoms with Gasteiger partial charge in [-0.25, -0.2) is 8.42 Å². The molecule has 0 aromatic heterocycles. The van der Waals surface area contributed by atoms with E-state index in [1.807, 2.05) is 30.3 Å². The lowest BCUT2D eigenvalue weighted by Crippen LogP contribution is -2.33. The van der Waals surface area contributed by atoms with Crippen LogP contribution in [0.1, 0.15) is 25.8 Å². The summed E-state index contributed by atoms with van der Waals surface area (Å²) in [7, 11) is -2.04. The molecule has 2 aromatic rings. The molecule has 30 heavy (non-hydrogen) atoms. The molecule has 3 rings (SSSR count). The maximum atomic E-state index is 12.6. The van der Waals surface area contributed by atoms with Crippen LogP contribution in [0.5, 0.6) is 0 Å². The van der Waals surface area contributed by atoms with Crippen molar-refractivity contribution in [1.29, 1.82) is 0 Å². The summed E-state index contributed by atoms with van der Waals surface area (Å²) in [6, 6.07) is 15.6. The van der Waals surface area contributed by atoms with Gasteiger partial charge in [-0.3, -0.25) is 9.59 Å². The fourth-order valence-corrected chi connectivity index (χ4v) is 4.67. The number of likely N-dealkylation sites (tertiary alicyclic amines) is 1. The third-order valence-electron chi connectivity index (χ3n) is 5.33. The van der Waals surface area contributed by atoms with Crippen LogP contribution in [-0.4, -0.2) is 49.1 Å². The van der Waals surface area contributed by atoms with E-state index < -0.39 is 15.9 Å². The van der Waals surface area contributed by atoms with Crippen LogP contribution < -0.4 is 5.32 Å². The van der Waals surface area contributed by atoms with E-state index in [1.54, 1.807) is 30.9 Å². The zero-order valence-corrected chi connectivity index (χ0v) is 18.2. The molecule has 2 aromatic carbocycles. The van der Waals surface area contributed by atoms with E-state index in [2.05, 4.69) is 5.32 Å². The van der Waals surface area contributed by atoms with Crippen molar-refractivity contribution in [2.24, 2.45) is 5.92 Å². The van der Waals surface area contributed by atoms with Crippen LogP contribution in [0.4, 0.5) is 5.69 Å². The molecule has 1 fully saturated rings. The largest absolute Gasteiger partial charge is 0.338 e. The number of rotatable bonds is 7. The maximum Gasteiger partial charge on any atom is 0.243 e.